The number of hydrogen-bond donors (Lipinski definition) is 0. The van der Waals surface area contributed by atoms with Crippen molar-refractivity contribution in [1.82, 2.24) is 0 Å². The van der Waals surface area contributed by atoms with E-state index in [1.807, 2.05) is 0 Å². The van der Waals surface area contributed by atoms with Crippen molar-refractivity contribution >= 4 is 21.8 Å². The number of ether oxygens (including phenoxy) is 1. The summed E-state index contributed by atoms with van der Waals surface area (Å²) in [5, 5.41) is 0.285. The summed E-state index contributed by atoms with van der Waals surface area (Å²) < 4.78 is 5.77. The first kappa shape index (κ1) is 9.55. The van der Waals surface area contributed by atoms with Crippen molar-refractivity contribution in [2.24, 2.45) is 0 Å². The molecule has 1 saturated heterocycles. The highest BCUT2D eigenvalue weighted by atomic mass is 35.5. The van der Waals surface area contributed by atoms with Crippen molar-refractivity contribution in [2.45, 2.75) is 37.3 Å². The SMILES string of the molecule is [SiH3]C1(CCCCl)CCCCO1. The van der Waals surface area contributed by atoms with E-state index in [1.54, 1.807) is 0 Å². The van der Waals surface area contributed by atoms with E-state index in [4.69, 9.17) is 16.3 Å². The lowest BCUT2D eigenvalue weighted by molar-refractivity contribution is -0.0228. The summed E-state index contributed by atoms with van der Waals surface area (Å²) in [6.07, 6.45) is 6.18. The third-order valence-electron chi connectivity index (χ3n) is 2.39. The highest BCUT2D eigenvalue weighted by Crippen LogP contribution is 2.26. The number of halogens is 1. The summed E-state index contributed by atoms with van der Waals surface area (Å²) in [6, 6.07) is 0. The van der Waals surface area contributed by atoms with Crippen LogP contribution >= 0.6 is 11.6 Å². The van der Waals surface area contributed by atoms with E-state index in [0.29, 0.717) is 0 Å². The minimum Gasteiger partial charge on any atom is -0.380 e. The van der Waals surface area contributed by atoms with Gasteiger partial charge in [-0.15, -0.1) is 11.6 Å². The minimum atomic E-state index is 0.285. The van der Waals surface area contributed by atoms with E-state index < -0.39 is 0 Å². The van der Waals surface area contributed by atoms with Crippen LogP contribution in [0.3, 0.4) is 0 Å². The van der Waals surface area contributed by atoms with Crippen molar-refractivity contribution in [3.8, 4) is 0 Å². The van der Waals surface area contributed by atoms with Crippen LogP contribution in [0.1, 0.15) is 32.1 Å². The molecule has 0 aromatic carbocycles. The number of hydrogen-bond acceptors (Lipinski definition) is 1. The molecule has 0 aromatic rings. The Morgan fingerprint density at radius 2 is 2.27 bits per heavy atom. The van der Waals surface area contributed by atoms with Crippen LogP contribution in [-0.4, -0.2) is 28.0 Å². The maximum Gasteiger partial charge on any atom is 0.0486 e. The van der Waals surface area contributed by atoms with Crippen molar-refractivity contribution in [3.05, 3.63) is 0 Å². The van der Waals surface area contributed by atoms with Gasteiger partial charge < -0.3 is 4.74 Å². The van der Waals surface area contributed by atoms with Gasteiger partial charge in [0.15, 0.2) is 0 Å². The van der Waals surface area contributed by atoms with E-state index in [-0.39, 0.29) is 5.22 Å². The van der Waals surface area contributed by atoms with Crippen molar-refractivity contribution in [2.75, 3.05) is 12.5 Å². The van der Waals surface area contributed by atoms with Crippen molar-refractivity contribution in [3.63, 3.8) is 0 Å². The predicted molar refractivity (Wildman–Crippen MR) is 52.4 cm³/mol. The summed E-state index contributed by atoms with van der Waals surface area (Å²) in [6.45, 7) is 0.978. The van der Waals surface area contributed by atoms with E-state index in [2.05, 4.69) is 0 Å². The van der Waals surface area contributed by atoms with Gasteiger partial charge in [0.1, 0.15) is 0 Å². The molecular formula is C8H17ClOSi. The molecule has 1 unspecified atom stereocenters. The van der Waals surface area contributed by atoms with Crippen LogP contribution in [0, 0.1) is 0 Å². The largest absolute Gasteiger partial charge is 0.380 e. The lowest BCUT2D eigenvalue weighted by Crippen LogP contribution is -2.36. The highest BCUT2D eigenvalue weighted by Gasteiger charge is 2.26. The molecule has 1 fully saturated rings. The molecule has 0 amide bonds. The lowest BCUT2D eigenvalue weighted by Gasteiger charge is -2.34. The van der Waals surface area contributed by atoms with E-state index in [9.17, 15) is 0 Å². The fourth-order valence-corrected chi connectivity index (χ4v) is 2.67. The molecule has 1 rings (SSSR count). The summed E-state index contributed by atoms with van der Waals surface area (Å²) in [5.74, 6) is 0.785. The second kappa shape index (κ2) is 4.48. The highest BCUT2D eigenvalue weighted by molar-refractivity contribution is 6.18. The molecule has 1 heterocycles. The summed E-state index contributed by atoms with van der Waals surface area (Å²) in [4.78, 5) is 0. The molecule has 1 aliphatic rings. The Kier molecular flexibility index (Phi) is 3.89. The van der Waals surface area contributed by atoms with E-state index in [1.165, 1.54) is 25.7 Å². The molecule has 66 valence electrons. The molecular weight excluding hydrogens is 176 g/mol. The van der Waals surface area contributed by atoms with Gasteiger partial charge in [-0.1, -0.05) is 0 Å². The van der Waals surface area contributed by atoms with Gasteiger partial charge in [-0.25, -0.2) is 0 Å². The molecule has 0 spiro atoms. The molecule has 1 atom stereocenters. The van der Waals surface area contributed by atoms with Gasteiger partial charge in [0.25, 0.3) is 0 Å². The Labute approximate surface area is 76.9 Å². The van der Waals surface area contributed by atoms with Crippen LogP contribution < -0.4 is 0 Å². The smallest absolute Gasteiger partial charge is 0.0486 e. The Bertz CT molecular complexity index is 113. The summed E-state index contributed by atoms with van der Waals surface area (Å²) >= 11 is 5.64. The maximum absolute atomic E-state index is 5.77. The fraction of sp³-hybridized carbons (Fsp3) is 1.00. The first-order valence-electron chi connectivity index (χ1n) is 4.47. The second-order valence-corrected chi connectivity index (χ2v) is 5.75. The molecule has 1 aliphatic heterocycles. The van der Waals surface area contributed by atoms with Gasteiger partial charge >= 0.3 is 0 Å². The molecule has 0 bridgehead atoms. The summed E-state index contributed by atoms with van der Waals surface area (Å²) in [5.41, 5.74) is 0. The van der Waals surface area contributed by atoms with E-state index in [0.717, 1.165) is 29.2 Å². The van der Waals surface area contributed by atoms with Gasteiger partial charge in [0.05, 0.1) is 0 Å². The zero-order valence-electron chi connectivity index (χ0n) is 7.24. The molecule has 0 radical (unpaired) electrons. The van der Waals surface area contributed by atoms with Crippen LogP contribution in [0.15, 0.2) is 0 Å². The van der Waals surface area contributed by atoms with Crippen LogP contribution in [0.25, 0.3) is 0 Å². The Balaban J connectivity index is 2.25. The van der Waals surface area contributed by atoms with E-state index >= 15 is 0 Å². The first-order valence-corrected chi connectivity index (χ1v) is 6.00. The third-order valence-corrected chi connectivity index (χ3v) is 3.95. The van der Waals surface area contributed by atoms with Gasteiger partial charge in [-0.05, 0) is 32.1 Å². The normalized spacial score (nSPS) is 32.5. The fourth-order valence-electron chi connectivity index (χ4n) is 1.63. The Hall–Kier alpha value is 0.467. The Morgan fingerprint density at radius 1 is 1.45 bits per heavy atom. The van der Waals surface area contributed by atoms with Crippen molar-refractivity contribution < 1.29 is 4.74 Å². The average molecular weight is 193 g/mol. The number of rotatable bonds is 3. The quantitative estimate of drug-likeness (QED) is 0.484. The van der Waals surface area contributed by atoms with Crippen LogP contribution in [0.2, 0.25) is 0 Å². The van der Waals surface area contributed by atoms with Gasteiger partial charge in [0.2, 0.25) is 0 Å². The third kappa shape index (κ3) is 3.14. The minimum absolute atomic E-state index is 0.285. The topological polar surface area (TPSA) is 9.23 Å². The van der Waals surface area contributed by atoms with Gasteiger partial charge in [-0.3, -0.25) is 0 Å². The first-order chi connectivity index (χ1) is 5.27. The monoisotopic (exact) mass is 192 g/mol. The van der Waals surface area contributed by atoms with Crippen molar-refractivity contribution in [1.29, 1.82) is 0 Å². The molecule has 1 nitrogen and oxygen atoms in total. The molecule has 0 saturated carbocycles. The van der Waals surface area contributed by atoms with Gasteiger partial charge in [-0.2, -0.15) is 0 Å². The second-order valence-electron chi connectivity index (χ2n) is 3.55. The zero-order chi connectivity index (χ0) is 8.16. The number of alkyl halides is 1. The molecule has 3 heteroatoms. The standard InChI is InChI=1S/C8H17ClOSi/c9-6-3-5-8(11)4-1-2-7-10-8/h1-7H2,11H3. The van der Waals surface area contributed by atoms with Crippen LogP contribution in [0.5, 0.6) is 0 Å². The predicted octanol–water partition coefficient (Wildman–Crippen LogP) is 1.27. The molecule has 0 aliphatic carbocycles. The van der Waals surface area contributed by atoms with Crippen LogP contribution in [-0.2, 0) is 4.74 Å². The van der Waals surface area contributed by atoms with Crippen LogP contribution in [0.4, 0.5) is 0 Å². The molecule has 11 heavy (non-hydrogen) atoms. The van der Waals surface area contributed by atoms with Gasteiger partial charge in [0, 0.05) is 28.0 Å². The maximum atomic E-state index is 5.77. The lowest BCUT2D eigenvalue weighted by atomic mass is 10.0. The summed E-state index contributed by atoms with van der Waals surface area (Å²) in [7, 11) is 1.16. The average Bonchev–Trinajstić information content (AvgIpc) is 2.03. The molecule has 0 aromatic heterocycles. The Morgan fingerprint density at radius 3 is 2.82 bits per heavy atom. The molecule has 0 N–H and O–H groups in total. The zero-order valence-corrected chi connectivity index (χ0v) is 9.99.